The third-order valence-electron chi connectivity index (χ3n) is 3.81. The Morgan fingerprint density at radius 2 is 2.08 bits per heavy atom. The summed E-state index contributed by atoms with van der Waals surface area (Å²) in [4.78, 5) is 35.9. The number of ether oxygens (including phenoxy) is 1. The maximum absolute atomic E-state index is 12.0. The number of carboxylic acid groups (broad SMARTS) is 1. The van der Waals surface area contributed by atoms with Crippen molar-refractivity contribution in [2.75, 3.05) is 25.5 Å². The molecular formula is C17H22N2O5. The molecule has 2 rings (SSSR count). The van der Waals surface area contributed by atoms with Gasteiger partial charge in [0.1, 0.15) is 5.75 Å². The zero-order valence-electron chi connectivity index (χ0n) is 13.8. The summed E-state index contributed by atoms with van der Waals surface area (Å²) in [6.45, 7) is 1.47. The van der Waals surface area contributed by atoms with Gasteiger partial charge in [0.15, 0.2) is 6.61 Å². The van der Waals surface area contributed by atoms with Gasteiger partial charge in [-0.1, -0.05) is 13.0 Å². The molecule has 1 aromatic carbocycles. The number of anilines is 1. The average molecular weight is 334 g/mol. The Kier molecular flexibility index (Phi) is 5.78. The van der Waals surface area contributed by atoms with Crippen LogP contribution in [-0.2, 0) is 14.4 Å². The normalized spacial score (nSPS) is 14.6. The minimum atomic E-state index is -0.949. The Bertz CT molecular complexity index is 627. The molecule has 1 fully saturated rings. The van der Waals surface area contributed by atoms with Gasteiger partial charge in [0.2, 0.25) is 5.91 Å². The van der Waals surface area contributed by atoms with Gasteiger partial charge in [-0.15, -0.1) is 0 Å². The Hall–Kier alpha value is -2.57. The SMILES string of the molecule is CC(CN(C)C(=O)COc1cccc(NC(=O)C2CC2)c1)C(=O)O. The molecule has 0 spiro atoms. The number of nitrogens with one attached hydrogen (secondary N) is 1. The number of hydrogen-bond acceptors (Lipinski definition) is 4. The highest BCUT2D eigenvalue weighted by Gasteiger charge is 2.29. The molecule has 24 heavy (non-hydrogen) atoms. The van der Waals surface area contributed by atoms with Crippen LogP contribution in [0.5, 0.6) is 5.75 Å². The number of carbonyl (C=O) groups excluding carboxylic acids is 2. The Morgan fingerprint density at radius 3 is 2.71 bits per heavy atom. The molecule has 1 unspecified atom stereocenters. The van der Waals surface area contributed by atoms with Gasteiger partial charge >= 0.3 is 5.97 Å². The van der Waals surface area contributed by atoms with Crippen LogP contribution < -0.4 is 10.1 Å². The van der Waals surface area contributed by atoms with E-state index in [0.29, 0.717) is 11.4 Å². The number of carboxylic acids is 1. The summed E-state index contributed by atoms with van der Waals surface area (Å²) < 4.78 is 5.44. The summed E-state index contributed by atoms with van der Waals surface area (Å²) >= 11 is 0. The van der Waals surface area contributed by atoms with Crippen LogP contribution in [0.3, 0.4) is 0 Å². The monoisotopic (exact) mass is 334 g/mol. The highest BCUT2D eigenvalue weighted by molar-refractivity contribution is 5.94. The van der Waals surface area contributed by atoms with E-state index in [4.69, 9.17) is 9.84 Å². The second kappa shape index (κ2) is 7.81. The van der Waals surface area contributed by atoms with E-state index in [1.807, 2.05) is 0 Å². The van der Waals surface area contributed by atoms with Gasteiger partial charge in [0.05, 0.1) is 5.92 Å². The van der Waals surface area contributed by atoms with E-state index in [1.54, 1.807) is 31.2 Å². The van der Waals surface area contributed by atoms with Crippen molar-refractivity contribution in [3.63, 3.8) is 0 Å². The fraction of sp³-hybridized carbons (Fsp3) is 0.471. The van der Waals surface area contributed by atoms with Crippen molar-refractivity contribution in [3.05, 3.63) is 24.3 Å². The number of likely N-dealkylation sites (N-methyl/N-ethyl adjacent to an activating group) is 1. The zero-order valence-corrected chi connectivity index (χ0v) is 13.8. The van der Waals surface area contributed by atoms with Crippen LogP contribution >= 0.6 is 0 Å². The van der Waals surface area contributed by atoms with E-state index >= 15 is 0 Å². The smallest absolute Gasteiger partial charge is 0.308 e. The second-order valence-electron chi connectivity index (χ2n) is 6.09. The van der Waals surface area contributed by atoms with E-state index in [9.17, 15) is 14.4 Å². The Balaban J connectivity index is 1.83. The maximum atomic E-state index is 12.0. The molecule has 0 aliphatic heterocycles. The molecule has 1 aliphatic carbocycles. The van der Waals surface area contributed by atoms with Crippen LogP contribution in [0.4, 0.5) is 5.69 Å². The molecule has 2 amide bonds. The lowest BCUT2D eigenvalue weighted by Gasteiger charge is -2.19. The van der Waals surface area contributed by atoms with Crippen molar-refractivity contribution in [1.82, 2.24) is 4.90 Å². The molecule has 0 saturated heterocycles. The first-order valence-corrected chi connectivity index (χ1v) is 7.87. The lowest BCUT2D eigenvalue weighted by Crippen LogP contribution is -2.36. The van der Waals surface area contributed by atoms with Crippen molar-refractivity contribution < 1.29 is 24.2 Å². The summed E-state index contributed by atoms with van der Waals surface area (Å²) in [5.74, 6) is -1.31. The van der Waals surface area contributed by atoms with Crippen molar-refractivity contribution in [3.8, 4) is 5.75 Å². The van der Waals surface area contributed by atoms with Crippen LogP contribution in [0, 0.1) is 11.8 Å². The predicted octanol–water partition coefficient (Wildman–Crippen LogP) is 1.59. The van der Waals surface area contributed by atoms with Crippen LogP contribution in [0.1, 0.15) is 19.8 Å². The van der Waals surface area contributed by atoms with Crippen LogP contribution in [0.25, 0.3) is 0 Å². The first kappa shape index (κ1) is 17.8. The van der Waals surface area contributed by atoms with Gasteiger partial charge in [-0.3, -0.25) is 14.4 Å². The van der Waals surface area contributed by atoms with E-state index in [0.717, 1.165) is 12.8 Å². The molecule has 7 heteroatoms. The summed E-state index contributed by atoms with van der Waals surface area (Å²) in [6, 6.07) is 6.85. The van der Waals surface area contributed by atoms with Crippen LogP contribution in [-0.4, -0.2) is 48.0 Å². The van der Waals surface area contributed by atoms with Crippen molar-refractivity contribution >= 4 is 23.5 Å². The molecule has 0 bridgehead atoms. The number of nitrogens with zero attached hydrogens (tertiary/aromatic N) is 1. The van der Waals surface area contributed by atoms with E-state index < -0.39 is 11.9 Å². The van der Waals surface area contributed by atoms with Gasteiger partial charge in [0, 0.05) is 31.3 Å². The highest BCUT2D eigenvalue weighted by atomic mass is 16.5. The van der Waals surface area contributed by atoms with Gasteiger partial charge < -0.3 is 20.1 Å². The highest BCUT2D eigenvalue weighted by Crippen LogP contribution is 2.30. The largest absolute Gasteiger partial charge is 0.484 e. The maximum Gasteiger partial charge on any atom is 0.308 e. The van der Waals surface area contributed by atoms with Crippen molar-refractivity contribution in [2.45, 2.75) is 19.8 Å². The van der Waals surface area contributed by atoms with Crippen LogP contribution in [0.15, 0.2) is 24.3 Å². The summed E-state index contributed by atoms with van der Waals surface area (Å²) in [6.07, 6.45) is 1.86. The number of benzene rings is 1. The molecule has 0 aromatic heterocycles. The average Bonchev–Trinajstić information content (AvgIpc) is 3.37. The molecule has 1 aromatic rings. The lowest BCUT2D eigenvalue weighted by molar-refractivity contribution is -0.143. The lowest BCUT2D eigenvalue weighted by atomic mass is 10.2. The predicted molar refractivity (Wildman–Crippen MR) is 87.7 cm³/mol. The van der Waals surface area contributed by atoms with Gasteiger partial charge in [-0.05, 0) is 25.0 Å². The molecule has 0 radical (unpaired) electrons. The number of hydrogen-bond donors (Lipinski definition) is 2. The molecular weight excluding hydrogens is 312 g/mol. The summed E-state index contributed by atoms with van der Waals surface area (Å²) in [5, 5.41) is 11.7. The molecule has 1 saturated carbocycles. The minimum Gasteiger partial charge on any atom is -0.484 e. The Morgan fingerprint density at radius 1 is 1.38 bits per heavy atom. The summed E-state index contributed by atoms with van der Waals surface area (Å²) in [7, 11) is 1.54. The molecule has 1 aliphatic rings. The Labute approximate surface area is 140 Å². The second-order valence-corrected chi connectivity index (χ2v) is 6.09. The molecule has 0 heterocycles. The zero-order chi connectivity index (χ0) is 17.7. The topological polar surface area (TPSA) is 95.9 Å². The first-order valence-electron chi connectivity index (χ1n) is 7.87. The third kappa shape index (κ3) is 5.26. The molecule has 2 N–H and O–H groups in total. The van der Waals surface area contributed by atoms with Gasteiger partial charge in [0.25, 0.3) is 5.91 Å². The number of rotatable bonds is 8. The number of amides is 2. The number of carbonyl (C=O) groups is 3. The number of aliphatic carboxylic acids is 1. The third-order valence-corrected chi connectivity index (χ3v) is 3.81. The van der Waals surface area contributed by atoms with E-state index in [1.165, 1.54) is 11.9 Å². The van der Waals surface area contributed by atoms with E-state index in [2.05, 4.69) is 5.32 Å². The molecule has 7 nitrogen and oxygen atoms in total. The fourth-order valence-electron chi connectivity index (χ4n) is 2.10. The van der Waals surface area contributed by atoms with Crippen molar-refractivity contribution in [1.29, 1.82) is 0 Å². The van der Waals surface area contributed by atoms with Crippen LogP contribution in [0.2, 0.25) is 0 Å². The van der Waals surface area contributed by atoms with Gasteiger partial charge in [-0.2, -0.15) is 0 Å². The minimum absolute atomic E-state index is 0.00520. The standard InChI is InChI=1S/C17H22N2O5/c1-11(17(22)23)9-19(2)15(20)10-24-14-5-3-4-13(8-14)18-16(21)12-6-7-12/h3-5,8,11-12H,6-7,9-10H2,1-2H3,(H,18,21)(H,22,23). The molecule has 1 atom stereocenters. The quantitative estimate of drug-likeness (QED) is 0.753. The molecule has 130 valence electrons. The van der Waals surface area contributed by atoms with E-state index in [-0.39, 0.29) is 30.9 Å². The van der Waals surface area contributed by atoms with Gasteiger partial charge in [-0.25, -0.2) is 0 Å². The first-order chi connectivity index (χ1) is 11.4. The fourth-order valence-corrected chi connectivity index (χ4v) is 2.10. The van der Waals surface area contributed by atoms with Crippen molar-refractivity contribution in [2.24, 2.45) is 11.8 Å². The summed E-state index contributed by atoms with van der Waals surface area (Å²) in [5.41, 5.74) is 0.629.